The zero-order chi connectivity index (χ0) is 9.26. The van der Waals surface area contributed by atoms with Crippen LogP contribution in [0.1, 0.15) is 19.8 Å². The fourth-order valence-electron chi connectivity index (χ4n) is 1.66. The smallest absolute Gasteiger partial charge is 0.146 e. The molecule has 0 bridgehead atoms. The van der Waals surface area contributed by atoms with Crippen LogP contribution in [0.2, 0.25) is 0 Å². The zero-order valence-corrected chi connectivity index (χ0v) is 7.90. The van der Waals surface area contributed by atoms with Gasteiger partial charge >= 0.3 is 0 Å². The van der Waals surface area contributed by atoms with Crippen LogP contribution in [0.5, 0.6) is 0 Å². The van der Waals surface area contributed by atoms with Gasteiger partial charge in [-0.1, -0.05) is 0 Å². The second-order valence-corrected chi connectivity index (χ2v) is 3.42. The van der Waals surface area contributed by atoms with Crippen LogP contribution in [-0.4, -0.2) is 17.6 Å². The molecule has 1 aromatic heterocycles. The topological polar surface area (TPSA) is 42.2 Å². The molecule has 0 aromatic carbocycles. The molecule has 1 aliphatic carbocycles. The molecule has 0 radical (unpaired) electrons. The first-order valence-electron chi connectivity index (χ1n) is 4.80. The first-order chi connectivity index (χ1) is 6.33. The van der Waals surface area contributed by atoms with Crippen LogP contribution >= 0.6 is 0 Å². The van der Waals surface area contributed by atoms with Crippen LogP contribution in [0, 0.1) is 0 Å². The number of nitrogen functional groups attached to an aromatic ring is 1. The van der Waals surface area contributed by atoms with E-state index in [0.717, 1.165) is 12.2 Å². The molecule has 1 fully saturated rings. The molecule has 0 saturated heterocycles. The highest BCUT2D eigenvalue weighted by Gasteiger charge is 2.29. The molecule has 2 rings (SSSR count). The molecule has 3 heteroatoms. The van der Waals surface area contributed by atoms with Crippen molar-refractivity contribution in [2.24, 2.45) is 0 Å². The molecule has 1 aliphatic rings. The summed E-state index contributed by atoms with van der Waals surface area (Å²) in [6, 6.07) is 4.69. The lowest BCUT2D eigenvalue weighted by molar-refractivity contribution is 0.825. The summed E-state index contributed by atoms with van der Waals surface area (Å²) in [6.07, 6.45) is 4.32. The van der Waals surface area contributed by atoms with Gasteiger partial charge in [-0.3, -0.25) is 0 Å². The number of nitrogens with two attached hydrogens (primary N) is 1. The SMILES string of the molecule is CCN(c1cccnc1N)C1CC1. The largest absolute Gasteiger partial charge is 0.382 e. The standard InChI is InChI=1S/C10H15N3/c1-2-13(8-5-6-8)9-4-3-7-12-10(9)11/h3-4,7-8H,2,5-6H2,1H3,(H2,11,12). The van der Waals surface area contributed by atoms with E-state index in [1.54, 1.807) is 6.20 Å². The Morgan fingerprint density at radius 2 is 2.38 bits per heavy atom. The van der Waals surface area contributed by atoms with Crippen LogP contribution in [0.25, 0.3) is 0 Å². The maximum atomic E-state index is 5.81. The molecule has 1 aromatic rings. The van der Waals surface area contributed by atoms with Crippen LogP contribution in [-0.2, 0) is 0 Å². The van der Waals surface area contributed by atoms with Gasteiger partial charge in [0.05, 0.1) is 5.69 Å². The summed E-state index contributed by atoms with van der Waals surface area (Å²) >= 11 is 0. The van der Waals surface area contributed by atoms with Crippen molar-refractivity contribution in [3.05, 3.63) is 18.3 Å². The van der Waals surface area contributed by atoms with Crippen molar-refractivity contribution in [1.82, 2.24) is 4.98 Å². The average Bonchev–Trinajstić information content (AvgIpc) is 2.93. The van der Waals surface area contributed by atoms with Gasteiger partial charge in [-0.15, -0.1) is 0 Å². The van der Waals surface area contributed by atoms with Crippen molar-refractivity contribution >= 4 is 11.5 Å². The molecule has 0 unspecified atom stereocenters. The Labute approximate surface area is 78.6 Å². The average molecular weight is 177 g/mol. The van der Waals surface area contributed by atoms with Gasteiger partial charge in [0.15, 0.2) is 0 Å². The van der Waals surface area contributed by atoms with Crippen molar-refractivity contribution in [1.29, 1.82) is 0 Å². The quantitative estimate of drug-likeness (QED) is 0.763. The van der Waals surface area contributed by atoms with E-state index in [4.69, 9.17) is 5.73 Å². The number of nitrogens with zero attached hydrogens (tertiary/aromatic N) is 2. The molecule has 3 nitrogen and oxygen atoms in total. The Kier molecular flexibility index (Phi) is 2.08. The Morgan fingerprint density at radius 3 is 2.92 bits per heavy atom. The molecule has 1 saturated carbocycles. The summed E-state index contributed by atoms with van der Waals surface area (Å²) in [6.45, 7) is 3.17. The predicted molar refractivity (Wildman–Crippen MR) is 54.7 cm³/mol. The minimum absolute atomic E-state index is 0.649. The summed E-state index contributed by atoms with van der Waals surface area (Å²) in [4.78, 5) is 6.43. The van der Waals surface area contributed by atoms with Crippen molar-refractivity contribution in [2.75, 3.05) is 17.2 Å². The van der Waals surface area contributed by atoms with Crippen LogP contribution in [0.4, 0.5) is 11.5 Å². The fraction of sp³-hybridized carbons (Fsp3) is 0.500. The van der Waals surface area contributed by atoms with Crippen molar-refractivity contribution in [3.8, 4) is 0 Å². The van der Waals surface area contributed by atoms with Gasteiger partial charge in [0, 0.05) is 18.8 Å². The van der Waals surface area contributed by atoms with Crippen LogP contribution in [0.15, 0.2) is 18.3 Å². The highest BCUT2D eigenvalue weighted by Crippen LogP contribution is 2.33. The number of hydrogen-bond donors (Lipinski definition) is 1. The summed E-state index contributed by atoms with van der Waals surface area (Å²) in [5.74, 6) is 0.649. The van der Waals surface area contributed by atoms with Crippen molar-refractivity contribution in [2.45, 2.75) is 25.8 Å². The minimum atomic E-state index is 0.649. The van der Waals surface area contributed by atoms with E-state index >= 15 is 0 Å². The van der Waals surface area contributed by atoms with E-state index in [1.807, 2.05) is 12.1 Å². The Morgan fingerprint density at radius 1 is 1.62 bits per heavy atom. The third-order valence-electron chi connectivity index (χ3n) is 2.45. The van der Waals surface area contributed by atoms with E-state index in [2.05, 4.69) is 16.8 Å². The maximum Gasteiger partial charge on any atom is 0.146 e. The number of aromatic nitrogens is 1. The second kappa shape index (κ2) is 3.24. The Balaban J connectivity index is 2.26. The van der Waals surface area contributed by atoms with Crippen molar-refractivity contribution < 1.29 is 0 Å². The molecular weight excluding hydrogens is 162 g/mol. The Hall–Kier alpha value is -1.25. The summed E-state index contributed by atoms with van der Waals surface area (Å²) in [7, 11) is 0. The van der Waals surface area contributed by atoms with Gasteiger partial charge in [0.1, 0.15) is 5.82 Å². The van der Waals surface area contributed by atoms with Gasteiger partial charge in [-0.2, -0.15) is 0 Å². The number of rotatable bonds is 3. The lowest BCUT2D eigenvalue weighted by atomic mass is 10.3. The summed E-state index contributed by atoms with van der Waals surface area (Å²) < 4.78 is 0. The summed E-state index contributed by atoms with van der Waals surface area (Å²) in [5.41, 5.74) is 6.90. The van der Waals surface area contributed by atoms with Crippen molar-refractivity contribution in [3.63, 3.8) is 0 Å². The van der Waals surface area contributed by atoms with Gasteiger partial charge in [0.25, 0.3) is 0 Å². The number of anilines is 2. The Bertz CT molecular complexity index is 294. The number of pyridine rings is 1. The molecule has 2 N–H and O–H groups in total. The van der Waals surface area contributed by atoms with Crippen LogP contribution in [0.3, 0.4) is 0 Å². The molecule has 0 atom stereocenters. The minimum Gasteiger partial charge on any atom is -0.382 e. The molecule has 1 heterocycles. The van der Waals surface area contributed by atoms with Gasteiger partial charge in [-0.05, 0) is 31.9 Å². The molecule has 0 amide bonds. The normalized spacial score (nSPS) is 15.8. The highest BCUT2D eigenvalue weighted by molar-refractivity contribution is 5.63. The lowest BCUT2D eigenvalue weighted by Gasteiger charge is -2.23. The van der Waals surface area contributed by atoms with E-state index in [-0.39, 0.29) is 0 Å². The zero-order valence-electron chi connectivity index (χ0n) is 7.90. The molecule has 0 aliphatic heterocycles. The highest BCUT2D eigenvalue weighted by atomic mass is 15.2. The predicted octanol–water partition coefficient (Wildman–Crippen LogP) is 1.65. The molecule has 0 spiro atoms. The first-order valence-corrected chi connectivity index (χ1v) is 4.80. The number of hydrogen-bond acceptors (Lipinski definition) is 3. The molecule has 70 valence electrons. The van der Waals surface area contributed by atoms with E-state index in [1.165, 1.54) is 12.8 Å². The van der Waals surface area contributed by atoms with Gasteiger partial charge in [-0.25, -0.2) is 4.98 Å². The van der Waals surface area contributed by atoms with E-state index in [0.29, 0.717) is 11.9 Å². The second-order valence-electron chi connectivity index (χ2n) is 3.42. The van der Waals surface area contributed by atoms with Gasteiger partial charge in [0.2, 0.25) is 0 Å². The third-order valence-corrected chi connectivity index (χ3v) is 2.45. The first kappa shape index (κ1) is 8.35. The third kappa shape index (κ3) is 1.59. The lowest BCUT2D eigenvalue weighted by Crippen LogP contribution is -2.26. The molecular formula is C10H15N3. The van der Waals surface area contributed by atoms with Gasteiger partial charge < -0.3 is 10.6 Å². The fourth-order valence-corrected chi connectivity index (χ4v) is 1.66. The maximum absolute atomic E-state index is 5.81. The van der Waals surface area contributed by atoms with E-state index in [9.17, 15) is 0 Å². The summed E-state index contributed by atoms with van der Waals surface area (Å²) in [5, 5.41) is 0. The molecule has 13 heavy (non-hydrogen) atoms. The monoisotopic (exact) mass is 177 g/mol. The van der Waals surface area contributed by atoms with E-state index < -0.39 is 0 Å². The van der Waals surface area contributed by atoms with Crippen LogP contribution < -0.4 is 10.6 Å².